The molecule has 1 aliphatic rings. The molecule has 2 aromatic carbocycles. The van der Waals surface area contributed by atoms with Gasteiger partial charge >= 0.3 is 6.03 Å². The van der Waals surface area contributed by atoms with Crippen molar-refractivity contribution in [3.63, 3.8) is 0 Å². The molecule has 0 saturated carbocycles. The predicted molar refractivity (Wildman–Crippen MR) is 120 cm³/mol. The summed E-state index contributed by atoms with van der Waals surface area (Å²) in [5.74, 6) is 1.71. The number of urea groups is 1. The van der Waals surface area contributed by atoms with E-state index in [2.05, 4.69) is 57.2 Å². The number of para-hydroxylation sites is 2. The third-order valence-corrected chi connectivity index (χ3v) is 5.66. The lowest BCUT2D eigenvalue weighted by Gasteiger charge is -2.35. The maximum atomic E-state index is 12.5. The minimum absolute atomic E-state index is 0.0613. The zero-order valence-corrected chi connectivity index (χ0v) is 17.3. The fourth-order valence-corrected chi connectivity index (χ4v) is 4.02. The van der Waals surface area contributed by atoms with Crippen molar-refractivity contribution in [2.24, 2.45) is 0 Å². The first-order chi connectivity index (χ1) is 15.3. The van der Waals surface area contributed by atoms with Gasteiger partial charge in [-0.2, -0.15) is 0 Å². The van der Waals surface area contributed by atoms with Gasteiger partial charge in [-0.25, -0.2) is 9.78 Å². The number of furan rings is 1. The Labute approximate surface area is 180 Å². The van der Waals surface area contributed by atoms with E-state index in [1.54, 1.807) is 6.26 Å². The Hall–Kier alpha value is -3.74. The van der Waals surface area contributed by atoms with Crippen LogP contribution in [-0.4, -0.2) is 46.7 Å². The van der Waals surface area contributed by atoms with Gasteiger partial charge in [0.25, 0.3) is 0 Å². The van der Waals surface area contributed by atoms with E-state index in [9.17, 15) is 4.79 Å². The minimum atomic E-state index is -0.0613. The molecule has 0 bridgehead atoms. The number of nitrogens with zero attached hydrogens (tertiary/aromatic N) is 4. The number of fused-ring (bicyclic) bond motifs is 1. The fraction of sp³-hybridized carbons (Fsp3) is 0.250. The topological polar surface area (TPSA) is 66.5 Å². The zero-order chi connectivity index (χ0) is 21.0. The van der Waals surface area contributed by atoms with Crippen LogP contribution in [0.1, 0.15) is 11.3 Å². The molecule has 1 fully saturated rings. The highest BCUT2D eigenvalue weighted by Crippen LogP contribution is 2.25. The maximum Gasteiger partial charge on any atom is 0.317 e. The minimum Gasteiger partial charge on any atom is -0.467 e. The van der Waals surface area contributed by atoms with Crippen molar-refractivity contribution in [2.45, 2.75) is 13.1 Å². The quantitative estimate of drug-likeness (QED) is 0.540. The van der Waals surface area contributed by atoms with Crippen LogP contribution in [0.2, 0.25) is 0 Å². The summed E-state index contributed by atoms with van der Waals surface area (Å²) in [6.07, 6.45) is 1.61. The first-order valence-corrected chi connectivity index (χ1v) is 10.6. The van der Waals surface area contributed by atoms with E-state index in [0.29, 0.717) is 19.6 Å². The number of imidazole rings is 1. The van der Waals surface area contributed by atoms with E-state index in [1.165, 1.54) is 5.56 Å². The average molecular weight is 415 g/mol. The number of nitrogens with one attached hydrogen (secondary N) is 1. The van der Waals surface area contributed by atoms with Crippen molar-refractivity contribution in [2.75, 3.05) is 31.1 Å². The highest BCUT2D eigenvalue weighted by Gasteiger charge is 2.25. The zero-order valence-electron chi connectivity index (χ0n) is 17.3. The van der Waals surface area contributed by atoms with Gasteiger partial charge in [0.1, 0.15) is 5.76 Å². The molecular formula is C24H25N5O2. The second kappa shape index (κ2) is 8.55. The van der Waals surface area contributed by atoms with Crippen LogP contribution in [0.15, 0.2) is 77.4 Å². The lowest BCUT2D eigenvalue weighted by Crippen LogP contribution is -2.52. The first kappa shape index (κ1) is 19.2. The van der Waals surface area contributed by atoms with Crippen LogP contribution in [0, 0.1) is 0 Å². The number of anilines is 1. The van der Waals surface area contributed by atoms with Crippen LogP contribution in [0.4, 0.5) is 10.7 Å². The summed E-state index contributed by atoms with van der Waals surface area (Å²) in [7, 11) is 0. The monoisotopic (exact) mass is 415 g/mol. The van der Waals surface area contributed by atoms with E-state index in [-0.39, 0.29) is 6.03 Å². The number of benzene rings is 2. The van der Waals surface area contributed by atoms with Gasteiger partial charge < -0.3 is 24.1 Å². The second-order valence-corrected chi connectivity index (χ2v) is 7.68. The van der Waals surface area contributed by atoms with Gasteiger partial charge in [-0.05, 0) is 29.8 Å². The summed E-state index contributed by atoms with van der Waals surface area (Å²) in [6, 6.07) is 22.3. The second-order valence-electron chi connectivity index (χ2n) is 7.68. The lowest BCUT2D eigenvalue weighted by molar-refractivity contribution is 0.192. The van der Waals surface area contributed by atoms with E-state index in [4.69, 9.17) is 9.40 Å². The SMILES string of the molecule is O=C(NCc1ccco1)N1CCN(c2nc3ccccc3n2Cc2ccccc2)CC1. The number of carbonyl (C=O) groups is 1. The Morgan fingerprint density at radius 2 is 1.71 bits per heavy atom. The third-order valence-electron chi connectivity index (χ3n) is 5.66. The first-order valence-electron chi connectivity index (χ1n) is 10.6. The van der Waals surface area contributed by atoms with Crippen LogP contribution in [0.25, 0.3) is 11.0 Å². The molecule has 0 atom stereocenters. The standard InChI is InChI=1S/C24H25N5O2/c30-24(25-17-20-9-6-16-31-20)28-14-12-27(13-15-28)23-26-21-10-4-5-11-22(21)29(23)18-19-7-2-1-3-8-19/h1-11,16H,12-15,17-18H2,(H,25,30). The Balaban J connectivity index is 1.30. The van der Waals surface area contributed by atoms with Crippen molar-refractivity contribution < 1.29 is 9.21 Å². The van der Waals surface area contributed by atoms with Crippen molar-refractivity contribution in [1.29, 1.82) is 0 Å². The number of piperazine rings is 1. The van der Waals surface area contributed by atoms with Gasteiger partial charge in [0.2, 0.25) is 5.95 Å². The Morgan fingerprint density at radius 3 is 2.48 bits per heavy atom. The van der Waals surface area contributed by atoms with Crippen LogP contribution in [0.3, 0.4) is 0 Å². The summed E-state index contributed by atoms with van der Waals surface area (Å²) in [5, 5.41) is 2.93. The number of rotatable bonds is 5. The van der Waals surface area contributed by atoms with Gasteiger partial charge in [0.05, 0.1) is 30.4 Å². The third kappa shape index (κ3) is 4.12. The highest BCUT2D eigenvalue weighted by molar-refractivity contribution is 5.79. The summed E-state index contributed by atoms with van der Waals surface area (Å²) >= 11 is 0. The molecular weight excluding hydrogens is 390 g/mol. The van der Waals surface area contributed by atoms with Gasteiger partial charge in [0, 0.05) is 26.2 Å². The van der Waals surface area contributed by atoms with E-state index < -0.39 is 0 Å². The summed E-state index contributed by atoms with van der Waals surface area (Å²) in [4.78, 5) is 21.6. The molecule has 4 aromatic rings. The Bertz CT molecular complexity index is 1150. The summed E-state index contributed by atoms with van der Waals surface area (Å²) < 4.78 is 7.56. The lowest BCUT2D eigenvalue weighted by atomic mass is 10.2. The fourth-order valence-electron chi connectivity index (χ4n) is 4.02. The maximum absolute atomic E-state index is 12.5. The van der Waals surface area contributed by atoms with Crippen LogP contribution in [-0.2, 0) is 13.1 Å². The van der Waals surface area contributed by atoms with Crippen LogP contribution < -0.4 is 10.2 Å². The predicted octanol–water partition coefficient (Wildman–Crippen LogP) is 3.71. The molecule has 31 heavy (non-hydrogen) atoms. The number of aromatic nitrogens is 2. The van der Waals surface area contributed by atoms with Crippen molar-refractivity contribution in [1.82, 2.24) is 19.8 Å². The molecule has 2 amide bonds. The highest BCUT2D eigenvalue weighted by atomic mass is 16.3. The molecule has 7 nitrogen and oxygen atoms in total. The molecule has 1 aliphatic heterocycles. The molecule has 1 N–H and O–H groups in total. The van der Waals surface area contributed by atoms with Crippen molar-refractivity contribution >= 4 is 23.0 Å². The summed E-state index contributed by atoms with van der Waals surface area (Å²) in [5.41, 5.74) is 3.36. The van der Waals surface area contributed by atoms with E-state index in [1.807, 2.05) is 29.2 Å². The molecule has 0 unspecified atom stereocenters. The summed E-state index contributed by atoms with van der Waals surface area (Å²) in [6.45, 7) is 3.95. The number of carbonyl (C=O) groups excluding carboxylic acids is 1. The van der Waals surface area contributed by atoms with Crippen molar-refractivity contribution in [3.05, 3.63) is 84.3 Å². The Morgan fingerprint density at radius 1 is 0.935 bits per heavy atom. The molecule has 3 heterocycles. The van der Waals surface area contributed by atoms with E-state index >= 15 is 0 Å². The molecule has 7 heteroatoms. The van der Waals surface area contributed by atoms with E-state index in [0.717, 1.165) is 42.4 Å². The van der Waals surface area contributed by atoms with Crippen molar-refractivity contribution in [3.8, 4) is 0 Å². The van der Waals surface area contributed by atoms with Crippen LogP contribution >= 0.6 is 0 Å². The molecule has 158 valence electrons. The molecule has 5 rings (SSSR count). The molecule has 0 aliphatic carbocycles. The molecule has 2 aromatic heterocycles. The Kier molecular flexibility index (Phi) is 5.31. The van der Waals surface area contributed by atoms with Gasteiger partial charge in [0.15, 0.2) is 0 Å². The number of amides is 2. The number of hydrogen-bond acceptors (Lipinski definition) is 4. The van der Waals surface area contributed by atoms with Gasteiger partial charge in [-0.3, -0.25) is 0 Å². The largest absolute Gasteiger partial charge is 0.467 e. The van der Waals surface area contributed by atoms with Crippen LogP contribution in [0.5, 0.6) is 0 Å². The normalized spacial score (nSPS) is 14.2. The van der Waals surface area contributed by atoms with Gasteiger partial charge in [-0.1, -0.05) is 42.5 Å². The van der Waals surface area contributed by atoms with Gasteiger partial charge in [-0.15, -0.1) is 0 Å². The molecule has 0 radical (unpaired) electrons. The molecule has 1 saturated heterocycles. The average Bonchev–Trinajstić information content (AvgIpc) is 3.47. The number of hydrogen-bond donors (Lipinski definition) is 1. The molecule has 0 spiro atoms. The smallest absolute Gasteiger partial charge is 0.317 e.